The Morgan fingerprint density at radius 3 is 2.27 bits per heavy atom. The number of sulfone groups is 1. The third-order valence-corrected chi connectivity index (χ3v) is 4.69. The van der Waals surface area contributed by atoms with Crippen molar-refractivity contribution in [3.05, 3.63) is 64.2 Å². The lowest BCUT2D eigenvalue weighted by Crippen LogP contribution is -2.05. The summed E-state index contributed by atoms with van der Waals surface area (Å²) in [5.74, 6) is -1.06. The van der Waals surface area contributed by atoms with Crippen molar-refractivity contribution in [3.8, 4) is 0 Å². The number of hydrogen-bond acceptors (Lipinski definition) is 5. The molecule has 8 heteroatoms. The molecule has 0 heterocycles. The standard InChI is InChI=1S/C14H11NO6S/c16-14(17)9-10-2-1-3-13(8-10)22(20,21)12-6-4-11(5-7-12)15(18)19/h1-8H,9H2,(H,16,17). The fraction of sp³-hybridized carbons (Fsp3) is 0.0714. The normalized spacial score (nSPS) is 11.1. The van der Waals surface area contributed by atoms with Crippen LogP contribution in [0.4, 0.5) is 5.69 Å². The van der Waals surface area contributed by atoms with Crippen LogP contribution in [0.15, 0.2) is 58.3 Å². The van der Waals surface area contributed by atoms with Crippen LogP contribution >= 0.6 is 0 Å². The van der Waals surface area contributed by atoms with Crippen molar-refractivity contribution in [2.24, 2.45) is 0 Å². The summed E-state index contributed by atoms with van der Waals surface area (Å²) in [4.78, 5) is 20.5. The van der Waals surface area contributed by atoms with Gasteiger partial charge in [0.1, 0.15) is 0 Å². The number of nitro benzene ring substituents is 1. The van der Waals surface area contributed by atoms with Gasteiger partial charge in [-0.05, 0) is 29.8 Å². The van der Waals surface area contributed by atoms with Gasteiger partial charge >= 0.3 is 5.97 Å². The number of benzene rings is 2. The fourth-order valence-corrected chi connectivity index (χ4v) is 3.21. The number of hydrogen-bond donors (Lipinski definition) is 1. The topological polar surface area (TPSA) is 115 Å². The van der Waals surface area contributed by atoms with E-state index in [0.717, 1.165) is 24.3 Å². The Labute approximate surface area is 125 Å². The van der Waals surface area contributed by atoms with E-state index >= 15 is 0 Å². The summed E-state index contributed by atoms with van der Waals surface area (Å²) in [5.41, 5.74) is 0.147. The number of aliphatic carboxylic acids is 1. The minimum absolute atomic E-state index is 0.0555. The Morgan fingerprint density at radius 2 is 1.73 bits per heavy atom. The molecule has 0 aliphatic rings. The lowest BCUT2D eigenvalue weighted by molar-refractivity contribution is -0.384. The van der Waals surface area contributed by atoms with Crippen molar-refractivity contribution < 1.29 is 23.2 Å². The SMILES string of the molecule is O=C(O)Cc1cccc(S(=O)(=O)c2ccc([N+](=O)[O-])cc2)c1. The largest absolute Gasteiger partial charge is 0.481 e. The highest BCUT2D eigenvalue weighted by molar-refractivity contribution is 7.91. The molecule has 0 fully saturated rings. The number of carboxylic acid groups (broad SMARTS) is 1. The van der Waals surface area contributed by atoms with E-state index in [1.165, 1.54) is 24.3 Å². The highest BCUT2D eigenvalue weighted by Crippen LogP contribution is 2.23. The van der Waals surface area contributed by atoms with Crippen LogP contribution in [-0.2, 0) is 21.1 Å². The molecule has 0 aliphatic carbocycles. The van der Waals surface area contributed by atoms with Gasteiger partial charge in [-0.15, -0.1) is 0 Å². The summed E-state index contributed by atoms with van der Waals surface area (Å²) in [5, 5.41) is 19.3. The average Bonchev–Trinajstić information content (AvgIpc) is 2.47. The second-order valence-electron chi connectivity index (χ2n) is 4.47. The maximum absolute atomic E-state index is 12.4. The van der Waals surface area contributed by atoms with Gasteiger partial charge in [-0.2, -0.15) is 0 Å². The van der Waals surface area contributed by atoms with Crippen LogP contribution in [0.3, 0.4) is 0 Å². The molecule has 0 amide bonds. The van der Waals surface area contributed by atoms with Crippen molar-refractivity contribution in [3.63, 3.8) is 0 Å². The molecular weight excluding hydrogens is 310 g/mol. The molecule has 0 aliphatic heterocycles. The number of nitro groups is 1. The monoisotopic (exact) mass is 321 g/mol. The summed E-state index contributed by atoms with van der Waals surface area (Å²) < 4.78 is 24.9. The number of non-ortho nitro benzene ring substituents is 1. The van der Waals surface area contributed by atoms with Crippen LogP contribution < -0.4 is 0 Å². The molecule has 0 atom stereocenters. The fourth-order valence-electron chi connectivity index (χ4n) is 1.88. The van der Waals surface area contributed by atoms with Gasteiger partial charge in [0.15, 0.2) is 0 Å². The van der Waals surface area contributed by atoms with Gasteiger partial charge in [0.2, 0.25) is 9.84 Å². The first-order valence-electron chi connectivity index (χ1n) is 6.11. The Balaban J connectivity index is 2.41. The van der Waals surface area contributed by atoms with Crippen LogP contribution in [0.25, 0.3) is 0 Å². The summed E-state index contributed by atoms with van der Waals surface area (Å²) in [6.07, 6.45) is -0.288. The van der Waals surface area contributed by atoms with Crippen molar-refractivity contribution in [1.29, 1.82) is 0 Å². The predicted molar refractivity (Wildman–Crippen MR) is 76.3 cm³/mol. The van der Waals surface area contributed by atoms with Crippen molar-refractivity contribution in [2.45, 2.75) is 16.2 Å². The molecule has 2 rings (SSSR count). The summed E-state index contributed by atoms with van der Waals surface area (Å²) in [6, 6.07) is 10.1. The van der Waals surface area contributed by atoms with Gasteiger partial charge < -0.3 is 5.11 Å². The maximum atomic E-state index is 12.4. The van der Waals surface area contributed by atoms with E-state index in [2.05, 4.69) is 0 Å². The predicted octanol–water partition coefficient (Wildman–Crippen LogP) is 2.05. The molecular formula is C14H11NO6S. The molecule has 0 bridgehead atoms. The molecule has 0 saturated heterocycles. The zero-order chi connectivity index (χ0) is 16.3. The van der Waals surface area contributed by atoms with Gasteiger partial charge in [-0.25, -0.2) is 8.42 Å². The van der Waals surface area contributed by atoms with Crippen molar-refractivity contribution >= 4 is 21.5 Å². The lowest BCUT2D eigenvalue weighted by Gasteiger charge is -2.06. The quantitative estimate of drug-likeness (QED) is 0.666. The highest BCUT2D eigenvalue weighted by Gasteiger charge is 2.19. The van der Waals surface area contributed by atoms with Crippen LogP contribution in [-0.4, -0.2) is 24.4 Å². The van der Waals surface area contributed by atoms with Crippen LogP contribution in [0.1, 0.15) is 5.56 Å². The van der Waals surface area contributed by atoms with E-state index in [-0.39, 0.29) is 21.9 Å². The summed E-state index contributed by atoms with van der Waals surface area (Å²) >= 11 is 0. The molecule has 2 aromatic carbocycles. The van der Waals surface area contributed by atoms with Crippen LogP contribution in [0.5, 0.6) is 0 Å². The van der Waals surface area contributed by atoms with Gasteiger partial charge in [-0.3, -0.25) is 14.9 Å². The number of carbonyl (C=O) groups is 1. The number of rotatable bonds is 5. The lowest BCUT2D eigenvalue weighted by atomic mass is 10.2. The first-order valence-corrected chi connectivity index (χ1v) is 7.59. The Kier molecular flexibility index (Phi) is 4.22. The van der Waals surface area contributed by atoms with Gasteiger partial charge in [0.05, 0.1) is 21.1 Å². The van der Waals surface area contributed by atoms with Gasteiger partial charge in [0, 0.05) is 12.1 Å². The zero-order valence-corrected chi connectivity index (χ0v) is 12.0. The Hall–Kier alpha value is -2.74. The maximum Gasteiger partial charge on any atom is 0.307 e. The second kappa shape index (κ2) is 5.94. The van der Waals surface area contributed by atoms with Crippen molar-refractivity contribution in [1.82, 2.24) is 0 Å². The Bertz CT molecular complexity index is 827. The molecule has 7 nitrogen and oxygen atoms in total. The zero-order valence-electron chi connectivity index (χ0n) is 11.2. The molecule has 0 spiro atoms. The molecule has 0 unspecified atom stereocenters. The van der Waals surface area contributed by atoms with Gasteiger partial charge in [0.25, 0.3) is 5.69 Å². The molecule has 0 radical (unpaired) electrons. The number of carboxylic acids is 1. The second-order valence-corrected chi connectivity index (χ2v) is 6.42. The number of nitrogens with zero attached hydrogens (tertiary/aromatic N) is 1. The molecule has 1 N–H and O–H groups in total. The first-order chi connectivity index (χ1) is 10.3. The molecule has 2 aromatic rings. The van der Waals surface area contributed by atoms with E-state index in [4.69, 9.17) is 5.11 Å². The van der Waals surface area contributed by atoms with E-state index in [0.29, 0.717) is 5.56 Å². The van der Waals surface area contributed by atoms with Crippen LogP contribution in [0, 0.1) is 10.1 Å². The minimum atomic E-state index is -3.86. The van der Waals surface area contributed by atoms with Crippen LogP contribution in [0.2, 0.25) is 0 Å². The third kappa shape index (κ3) is 3.29. The van der Waals surface area contributed by atoms with E-state index in [1.54, 1.807) is 0 Å². The van der Waals surface area contributed by atoms with Crippen molar-refractivity contribution in [2.75, 3.05) is 0 Å². The molecule has 114 valence electrons. The highest BCUT2D eigenvalue weighted by atomic mass is 32.2. The molecule has 22 heavy (non-hydrogen) atoms. The first kappa shape index (κ1) is 15.6. The Morgan fingerprint density at radius 1 is 1.09 bits per heavy atom. The van der Waals surface area contributed by atoms with E-state index in [9.17, 15) is 23.3 Å². The minimum Gasteiger partial charge on any atom is -0.481 e. The summed E-state index contributed by atoms with van der Waals surface area (Å²) in [7, 11) is -3.86. The molecule has 0 saturated carbocycles. The summed E-state index contributed by atoms with van der Waals surface area (Å²) in [6.45, 7) is 0. The third-order valence-electron chi connectivity index (χ3n) is 2.92. The van der Waals surface area contributed by atoms with E-state index < -0.39 is 20.7 Å². The average molecular weight is 321 g/mol. The van der Waals surface area contributed by atoms with E-state index in [1.807, 2.05) is 0 Å². The van der Waals surface area contributed by atoms with Gasteiger partial charge in [-0.1, -0.05) is 12.1 Å². The smallest absolute Gasteiger partial charge is 0.307 e. The molecule has 0 aromatic heterocycles.